The number of ether oxygens (including phenoxy) is 1. The summed E-state index contributed by atoms with van der Waals surface area (Å²) in [4.78, 5) is 20.4. The number of carbonyl (C=O) groups is 1. The lowest BCUT2D eigenvalue weighted by atomic mass is 10.0. The minimum Gasteiger partial charge on any atom is -0.487 e. The van der Waals surface area contributed by atoms with Crippen LogP contribution in [0.5, 0.6) is 5.75 Å². The first-order valence-corrected chi connectivity index (χ1v) is 11.5. The van der Waals surface area contributed by atoms with Crippen LogP contribution in [0.1, 0.15) is 21.5 Å². The average Bonchev–Trinajstić information content (AvgIpc) is 3.46. The monoisotopic (exact) mass is 469 g/mol. The number of piperazine rings is 1. The van der Waals surface area contributed by atoms with Gasteiger partial charge in [-0.05, 0) is 42.0 Å². The van der Waals surface area contributed by atoms with E-state index in [1.165, 1.54) is 0 Å². The van der Waals surface area contributed by atoms with Crippen molar-refractivity contribution in [1.82, 2.24) is 14.9 Å². The molecule has 0 saturated carbocycles. The molecular weight excluding hydrogens is 450 g/mol. The Morgan fingerprint density at radius 3 is 2.71 bits per heavy atom. The molecule has 168 valence electrons. The second-order valence-corrected chi connectivity index (χ2v) is 8.82. The zero-order chi connectivity index (χ0) is 23.2. The zero-order valence-corrected chi connectivity index (χ0v) is 19.0. The van der Waals surface area contributed by atoms with Gasteiger partial charge < -0.3 is 15.0 Å². The lowest BCUT2D eigenvalue weighted by molar-refractivity contribution is 0.0965. The molecule has 6 rings (SSSR count). The van der Waals surface area contributed by atoms with Gasteiger partial charge in [-0.1, -0.05) is 23.7 Å². The molecule has 0 aliphatic carbocycles. The maximum absolute atomic E-state index is 13.3. The fraction of sp³-hybridized carbons (Fsp3) is 0.192. The molecule has 1 fully saturated rings. The van der Waals surface area contributed by atoms with Crippen LogP contribution in [-0.4, -0.2) is 41.6 Å². The van der Waals surface area contributed by atoms with Crippen molar-refractivity contribution in [2.24, 2.45) is 0 Å². The van der Waals surface area contributed by atoms with Crippen molar-refractivity contribution in [2.45, 2.75) is 6.61 Å². The fourth-order valence-corrected chi connectivity index (χ4v) is 4.79. The molecule has 2 aliphatic rings. The van der Waals surface area contributed by atoms with Gasteiger partial charge in [-0.25, -0.2) is 4.98 Å². The molecule has 0 radical (unpaired) electrons. The highest BCUT2D eigenvalue weighted by atomic mass is 35.5. The number of nitrogens with one attached hydrogen (secondary N) is 1. The number of nitrogens with zero attached hydrogens (tertiary/aromatic N) is 4. The van der Waals surface area contributed by atoms with Gasteiger partial charge in [0.05, 0.1) is 22.5 Å². The van der Waals surface area contributed by atoms with Crippen LogP contribution < -0.4 is 15.0 Å². The Morgan fingerprint density at radius 2 is 1.94 bits per heavy atom. The van der Waals surface area contributed by atoms with E-state index in [0.29, 0.717) is 38.5 Å². The largest absolute Gasteiger partial charge is 0.487 e. The average molecular weight is 470 g/mol. The summed E-state index contributed by atoms with van der Waals surface area (Å²) in [6.45, 7) is 3.60. The predicted octanol–water partition coefficient (Wildman–Crippen LogP) is 4.22. The molecule has 0 bridgehead atoms. The molecule has 4 heterocycles. The third-order valence-electron chi connectivity index (χ3n) is 6.35. The number of pyridine rings is 1. The van der Waals surface area contributed by atoms with Gasteiger partial charge in [-0.15, -0.1) is 0 Å². The molecule has 2 aromatic heterocycles. The molecule has 2 aromatic carbocycles. The number of rotatable bonds is 4. The van der Waals surface area contributed by atoms with Gasteiger partial charge in [0.1, 0.15) is 29.7 Å². The Hall–Kier alpha value is -3.86. The minimum absolute atomic E-state index is 0.180. The Morgan fingerprint density at radius 1 is 1.15 bits per heavy atom. The van der Waals surface area contributed by atoms with Gasteiger partial charge in [-0.3, -0.25) is 9.36 Å². The van der Waals surface area contributed by atoms with E-state index in [2.05, 4.69) is 16.3 Å². The first-order valence-electron chi connectivity index (χ1n) is 11.1. The summed E-state index contributed by atoms with van der Waals surface area (Å²) < 4.78 is 7.89. The van der Waals surface area contributed by atoms with Gasteiger partial charge in [0, 0.05) is 42.8 Å². The summed E-state index contributed by atoms with van der Waals surface area (Å²) in [7, 11) is 0. The number of hydrogen-bond acceptors (Lipinski definition) is 6. The summed E-state index contributed by atoms with van der Waals surface area (Å²) in [6.07, 6.45) is 1.74. The maximum Gasteiger partial charge on any atom is 0.268 e. The van der Waals surface area contributed by atoms with Crippen molar-refractivity contribution >= 4 is 34.1 Å². The van der Waals surface area contributed by atoms with Gasteiger partial charge in [0.25, 0.3) is 5.91 Å². The van der Waals surface area contributed by atoms with Gasteiger partial charge in [0.15, 0.2) is 0 Å². The van der Waals surface area contributed by atoms with Crippen molar-refractivity contribution in [2.75, 3.05) is 31.1 Å². The quantitative estimate of drug-likeness (QED) is 0.424. The van der Waals surface area contributed by atoms with E-state index < -0.39 is 0 Å². The number of halogens is 1. The van der Waals surface area contributed by atoms with E-state index in [1.807, 2.05) is 30.3 Å². The molecule has 0 amide bonds. The summed E-state index contributed by atoms with van der Waals surface area (Å²) in [5.74, 6) is 0.271. The number of nitriles is 1. The Balaban J connectivity index is 1.53. The Labute approximate surface area is 201 Å². The van der Waals surface area contributed by atoms with Crippen LogP contribution in [0, 0.1) is 11.3 Å². The number of carbonyl (C=O) groups excluding carboxylic acids is 1. The molecule has 0 atom stereocenters. The molecule has 7 nitrogen and oxygen atoms in total. The van der Waals surface area contributed by atoms with Gasteiger partial charge in [0.2, 0.25) is 0 Å². The lowest BCUT2D eigenvalue weighted by Crippen LogP contribution is -2.43. The van der Waals surface area contributed by atoms with Crippen LogP contribution in [0.15, 0.2) is 54.7 Å². The molecule has 0 unspecified atom stereocenters. The van der Waals surface area contributed by atoms with Gasteiger partial charge >= 0.3 is 0 Å². The molecule has 2 aliphatic heterocycles. The first kappa shape index (κ1) is 20.7. The summed E-state index contributed by atoms with van der Waals surface area (Å²) in [6, 6.07) is 17.2. The maximum atomic E-state index is 13.3. The van der Waals surface area contributed by atoms with Crippen LogP contribution in [0.3, 0.4) is 0 Å². The third-order valence-corrected chi connectivity index (χ3v) is 6.61. The predicted molar refractivity (Wildman–Crippen MR) is 130 cm³/mol. The number of aromatic nitrogens is 2. The highest BCUT2D eigenvalue weighted by molar-refractivity contribution is 6.30. The SMILES string of the molecule is N#Cc1cc2c(OCc3ccc(Cl)cc3)c3c(nc2cc1N1CCNCC1)-c1cccn1C3=O. The van der Waals surface area contributed by atoms with E-state index in [4.69, 9.17) is 21.3 Å². The normalized spacial score (nSPS) is 14.7. The molecule has 34 heavy (non-hydrogen) atoms. The molecule has 4 aromatic rings. The van der Waals surface area contributed by atoms with E-state index in [-0.39, 0.29) is 12.5 Å². The van der Waals surface area contributed by atoms with Crippen LogP contribution >= 0.6 is 11.6 Å². The fourth-order valence-electron chi connectivity index (χ4n) is 4.67. The highest BCUT2D eigenvalue weighted by Crippen LogP contribution is 2.42. The van der Waals surface area contributed by atoms with Crippen molar-refractivity contribution in [3.8, 4) is 23.2 Å². The van der Waals surface area contributed by atoms with Crippen LogP contribution in [-0.2, 0) is 6.61 Å². The lowest BCUT2D eigenvalue weighted by Gasteiger charge is -2.30. The van der Waals surface area contributed by atoms with Gasteiger partial charge in [-0.2, -0.15) is 5.26 Å². The minimum atomic E-state index is -0.180. The van der Waals surface area contributed by atoms with E-state index in [1.54, 1.807) is 29.0 Å². The van der Waals surface area contributed by atoms with E-state index in [9.17, 15) is 10.1 Å². The van der Waals surface area contributed by atoms with Crippen LogP contribution in [0.2, 0.25) is 5.02 Å². The number of fused-ring (bicyclic) bond motifs is 4. The number of benzene rings is 2. The van der Waals surface area contributed by atoms with E-state index >= 15 is 0 Å². The van der Waals surface area contributed by atoms with Crippen molar-refractivity contribution in [3.63, 3.8) is 0 Å². The molecule has 1 N–H and O–H groups in total. The number of hydrogen-bond donors (Lipinski definition) is 1. The van der Waals surface area contributed by atoms with Crippen molar-refractivity contribution in [1.29, 1.82) is 5.26 Å². The molecule has 0 spiro atoms. The van der Waals surface area contributed by atoms with Crippen LogP contribution in [0.25, 0.3) is 22.3 Å². The second kappa shape index (κ2) is 8.17. The van der Waals surface area contributed by atoms with Crippen LogP contribution in [0.4, 0.5) is 5.69 Å². The zero-order valence-electron chi connectivity index (χ0n) is 18.2. The number of anilines is 1. The summed E-state index contributed by atoms with van der Waals surface area (Å²) in [5, 5.41) is 14.6. The first-order chi connectivity index (χ1) is 16.6. The summed E-state index contributed by atoms with van der Waals surface area (Å²) >= 11 is 6.02. The second-order valence-electron chi connectivity index (χ2n) is 8.38. The Kier molecular flexibility index (Phi) is 4.98. The van der Waals surface area contributed by atoms with E-state index in [0.717, 1.165) is 43.1 Å². The standard InChI is InChI=1S/C26H20ClN5O2/c27-18-5-3-16(4-6-18)15-34-25-19-12-17(14-28)22(31-10-7-29-8-11-31)13-20(19)30-24-21-2-1-9-32(21)26(33)23(24)25/h1-6,9,12-13,29H,7-8,10-11,15H2. The molecule has 8 heteroatoms. The smallest absolute Gasteiger partial charge is 0.268 e. The van der Waals surface area contributed by atoms with Crippen molar-refractivity contribution in [3.05, 3.63) is 76.4 Å². The molecular formula is C26H20ClN5O2. The third kappa shape index (κ3) is 3.31. The molecule has 1 saturated heterocycles. The Bertz CT molecular complexity index is 1480. The van der Waals surface area contributed by atoms with Crippen molar-refractivity contribution < 1.29 is 9.53 Å². The highest BCUT2D eigenvalue weighted by Gasteiger charge is 2.33. The topological polar surface area (TPSA) is 83.2 Å². The summed E-state index contributed by atoms with van der Waals surface area (Å²) in [5.41, 5.74) is 4.78.